The van der Waals surface area contributed by atoms with E-state index >= 15 is 0 Å². The van der Waals surface area contributed by atoms with Crippen LogP contribution in [0.5, 0.6) is 0 Å². The molecule has 0 unspecified atom stereocenters. The maximum absolute atomic E-state index is 9.37. The van der Waals surface area contributed by atoms with Gasteiger partial charge in [-0.15, -0.1) is 0 Å². The van der Waals surface area contributed by atoms with E-state index in [1.807, 2.05) is 11.8 Å². The van der Waals surface area contributed by atoms with E-state index < -0.39 is 0 Å². The van der Waals surface area contributed by atoms with Gasteiger partial charge in [0.25, 0.3) is 0 Å². The lowest BCUT2D eigenvalue weighted by molar-refractivity contribution is 0.120. The summed E-state index contributed by atoms with van der Waals surface area (Å²) in [5.41, 5.74) is 0.328. The van der Waals surface area contributed by atoms with Gasteiger partial charge in [-0.25, -0.2) is 0 Å². The van der Waals surface area contributed by atoms with Crippen LogP contribution in [0.3, 0.4) is 0 Å². The zero-order valence-corrected chi connectivity index (χ0v) is 9.54. The van der Waals surface area contributed by atoms with Crippen LogP contribution in [-0.2, 0) is 0 Å². The van der Waals surface area contributed by atoms with Crippen molar-refractivity contribution in [2.24, 2.45) is 5.41 Å². The summed E-state index contributed by atoms with van der Waals surface area (Å²) in [4.78, 5) is 0. The lowest BCUT2D eigenvalue weighted by Gasteiger charge is -2.26. The van der Waals surface area contributed by atoms with Gasteiger partial charge in [0.05, 0.1) is 0 Å². The van der Waals surface area contributed by atoms with Gasteiger partial charge in [-0.05, 0) is 42.6 Å². The minimum atomic E-state index is 0.328. The smallest absolute Gasteiger partial charge is 0.0487 e. The van der Waals surface area contributed by atoms with Crippen molar-refractivity contribution in [2.75, 3.05) is 18.1 Å². The molecule has 0 radical (unpaired) electrons. The number of aliphatic hydroxyl groups is 1. The highest BCUT2D eigenvalue weighted by Crippen LogP contribution is 2.41. The first-order valence-corrected chi connectivity index (χ1v) is 6.67. The van der Waals surface area contributed by atoms with Crippen LogP contribution in [0.1, 0.15) is 45.4 Å². The number of aliphatic hydroxyl groups excluding tert-OH is 1. The molecule has 1 saturated carbocycles. The topological polar surface area (TPSA) is 20.2 Å². The van der Waals surface area contributed by atoms with Gasteiger partial charge < -0.3 is 5.11 Å². The van der Waals surface area contributed by atoms with Crippen molar-refractivity contribution in [3.8, 4) is 0 Å². The van der Waals surface area contributed by atoms with Gasteiger partial charge in [-0.2, -0.15) is 11.8 Å². The first kappa shape index (κ1) is 11.4. The van der Waals surface area contributed by atoms with E-state index in [9.17, 15) is 5.11 Å². The second kappa shape index (κ2) is 5.92. The fourth-order valence-corrected chi connectivity index (χ4v) is 2.94. The molecule has 1 rings (SSSR count). The Morgan fingerprint density at radius 2 is 2.00 bits per heavy atom. The third-order valence-electron chi connectivity index (χ3n) is 3.20. The standard InChI is InChI=1S/C11H22OS/c1-2-13-9-5-8-11(10-12)6-3-4-7-11/h12H,2-10H2,1H3. The molecule has 0 bridgehead atoms. The van der Waals surface area contributed by atoms with Gasteiger partial charge in [-0.1, -0.05) is 19.8 Å². The molecule has 0 aromatic carbocycles. The highest BCUT2D eigenvalue weighted by atomic mass is 32.2. The van der Waals surface area contributed by atoms with Crippen LogP contribution in [-0.4, -0.2) is 23.2 Å². The molecule has 0 aromatic rings. The van der Waals surface area contributed by atoms with Crippen LogP contribution < -0.4 is 0 Å². The molecule has 0 aliphatic heterocycles. The van der Waals surface area contributed by atoms with Crippen molar-refractivity contribution in [1.82, 2.24) is 0 Å². The number of hydrogen-bond donors (Lipinski definition) is 1. The Balaban J connectivity index is 2.16. The Kier molecular flexibility index (Phi) is 5.18. The summed E-state index contributed by atoms with van der Waals surface area (Å²) in [6.07, 6.45) is 7.74. The minimum absolute atomic E-state index is 0.328. The van der Waals surface area contributed by atoms with E-state index in [0.29, 0.717) is 12.0 Å². The summed E-state index contributed by atoms with van der Waals surface area (Å²) in [5.74, 6) is 2.50. The van der Waals surface area contributed by atoms with E-state index in [1.54, 1.807) is 0 Å². The van der Waals surface area contributed by atoms with Crippen LogP contribution in [0.4, 0.5) is 0 Å². The first-order valence-electron chi connectivity index (χ1n) is 5.51. The molecule has 13 heavy (non-hydrogen) atoms. The zero-order chi connectivity index (χ0) is 9.57. The Hall–Kier alpha value is 0.310. The average Bonchev–Trinajstić information content (AvgIpc) is 2.62. The van der Waals surface area contributed by atoms with Crippen molar-refractivity contribution in [1.29, 1.82) is 0 Å². The Morgan fingerprint density at radius 1 is 1.31 bits per heavy atom. The van der Waals surface area contributed by atoms with Crippen LogP contribution in [0.15, 0.2) is 0 Å². The summed E-state index contributed by atoms with van der Waals surface area (Å²) >= 11 is 2.02. The van der Waals surface area contributed by atoms with Crippen LogP contribution in [0.2, 0.25) is 0 Å². The fourth-order valence-electron chi connectivity index (χ4n) is 2.31. The lowest BCUT2D eigenvalue weighted by atomic mass is 9.83. The maximum atomic E-state index is 9.37. The van der Waals surface area contributed by atoms with Crippen LogP contribution >= 0.6 is 11.8 Å². The van der Waals surface area contributed by atoms with Crippen LogP contribution in [0, 0.1) is 5.41 Å². The second-order valence-electron chi connectivity index (χ2n) is 4.17. The molecule has 0 amide bonds. The Morgan fingerprint density at radius 3 is 2.54 bits per heavy atom. The molecule has 0 heterocycles. The highest BCUT2D eigenvalue weighted by Gasteiger charge is 2.32. The monoisotopic (exact) mass is 202 g/mol. The number of thioether (sulfide) groups is 1. The molecular weight excluding hydrogens is 180 g/mol. The largest absolute Gasteiger partial charge is 0.396 e. The SMILES string of the molecule is CCSCCCC1(CO)CCCC1. The maximum Gasteiger partial charge on any atom is 0.0487 e. The number of rotatable bonds is 6. The van der Waals surface area contributed by atoms with Crippen molar-refractivity contribution < 1.29 is 5.11 Å². The Bertz CT molecular complexity index is 130. The molecule has 1 fully saturated rings. The quantitative estimate of drug-likeness (QED) is 0.668. The van der Waals surface area contributed by atoms with E-state index in [-0.39, 0.29) is 0 Å². The third-order valence-corrected chi connectivity index (χ3v) is 4.19. The second-order valence-corrected chi connectivity index (χ2v) is 5.56. The average molecular weight is 202 g/mol. The summed E-state index contributed by atoms with van der Waals surface area (Å²) in [6, 6.07) is 0. The van der Waals surface area contributed by atoms with E-state index in [4.69, 9.17) is 0 Å². The molecule has 2 heteroatoms. The van der Waals surface area contributed by atoms with Crippen molar-refractivity contribution in [2.45, 2.75) is 45.4 Å². The molecule has 1 nitrogen and oxygen atoms in total. The Labute approximate surface area is 86.3 Å². The molecule has 0 aromatic heterocycles. The van der Waals surface area contributed by atoms with Gasteiger partial charge in [-0.3, -0.25) is 0 Å². The zero-order valence-electron chi connectivity index (χ0n) is 8.72. The van der Waals surface area contributed by atoms with Gasteiger partial charge >= 0.3 is 0 Å². The molecule has 0 saturated heterocycles. The molecule has 1 N–H and O–H groups in total. The predicted octanol–water partition coefficient (Wildman–Crippen LogP) is 3.07. The normalized spacial score (nSPS) is 20.8. The van der Waals surface area contributed by atoms with Crippen LogP contribution in [0.25, 0.3) is 0 Å². The summed E-state index contributed by atoms with van der Waals surface area (Å²) < 4.78 is 0. The fraction of sp³-hybridized carbons (Fsp3) is 1.00. The molecular formula is C11H22OS. The summed E-state index contributed by atoms with van der Waals surface area (Å²) in [6.45, 7) is 2.63. The molecule has 0 spiro atoms. The third kappa shape index (κ3) is 3.51. The molecule has 78 valence electrons. The summed E-state index contributed by atoms with van der Waals surface area (Å²) in [5, 5.41) is 9.37. The van der Waals surface area contributed by atoms with E-state index in [0.717, 1.165) is 0 Å². The van der Waals surface area contributed by atoms with E-state index in [1.165, 1.54) is 50.0 Å². The van der Waals surface area contributed by atoms with Crippen molar-refractivity contribution in [3.05, 3.63) is 0 Å². The molecule has 1 aliphatic carbocycles. The van der Waals surface area contributed by atoms with Gasteiger partial charge in [0.2, 0.25) is 0 Å². The highest BCUT2D eigenvalue weighted by molar-refractivity contribution is 7.99. The molecule has 0 atom stereocenters. The van der Waals surface area contributed by atoms with E-state index in [2.05, 4.69) is 6.92 Å². The first-order chi connectivity index (χ1) is 6.33. The minimum Gasteiger partial charge on any atom is -0.396 e. The van der Waals surface area contributed by atoms with Gasteiger partial charge in [0, 0.05) is 6.61 Å². The molecule has 1 aliphatic rings. The van der Waals surface area contributed by atoms with Gasteiger partial charge in [0.15, 0.2) is 0 Å². The van der Waals surface area contributed by atoms with Crippen molar-refractivity contribution in [3.63, 3.8) is 0 Å². The van der Waals surface area contributed by atoms with Gasteiger partial charge in [0.1, 0.15) is 0 Å². The van der Waals surface area contributed by atoms with Crippen molar-refractivity contribution >= 4 is 11.8 Å². The number of hydrogen-bond acceptors (Lipinski definition) is 2. The lowest BCUT2D eigenvalue weighted by Crippen LogP contribution is -2.21. The predicted molar refractivity (Wildman–Crippen MR) is 60.2 cm³/mol. The summed E-state index contributed by atoms with van der Waals surface area (Å²) in [7, 11) is 0.